The lowest BCUT2D eigenvalue weighted by molar-refractivity contribution is 0.0982. The van der Waals surface area contributed by atoms with Gasteiger partial charge < -0.3 is 29.9 Å². The van der Waals surface area contributed by atoms with E-state index in [0.29, 0.717) is 50.4 Å². The van der Waals surface area contributed by atoms with Crippen molar-refractivity contribution in [2.24, 2.45) is 0 Å². The number of rotatable bonds is 11. The molecule has 0 amide bonds. The fourth-order valence-electron chi connectivity index (χ4n) is 6.31. The first-order valence-corrected chi connectivity index (χ1v) is 18.3. The van der Waals surface area contributed by atoms with E-state index in [1.54, 1.807) is 25.7 Å². The largest absolute Gasteiger partial charge is 0.494 e. The molecule has 1 unspecified atom stereocenters. The minimum Gasteiger partial charge on any atom is -0.494 e. The van der Waals surface area contributed by atoms with Gasteiger partial charge in [0, 0.05) is 81.4 Å². The van der Waals surface area contributed by atoms with Gasteiger partial charge in [-0.25, -0.2) is 9.19 Å². The number of aromatic nitrogens is 4. The number of ether oxygens (including phenoxy) is 1. The number of likely N-dealkylation sites (N-methyl/N-ethyl adjacent to an activating group) is 1. The summed E-state index contributed by atoms with van der Waals surface area (Å²) in [5, 5.41) is 6.77. The van der Waals surface area contributed by atoms with Crippen LogP contribution in [0.3, 0.4) is 0 Å². The van der Waals surface area contributed by atoms with Gasteiger partial charge in [-0.3, -0.25) is 14.9 Å². The summed E-state index contributed by atoms with van der Waals surface area (Å²) in [5.74, 6) is 2.12. The number of piperidine rings is 1. The molecule has 2 aliphatic rings. The Labute approximate surface area is 287 Å². The van der Waals surface area contributed by atoms with Crippen molar-refractivity contribution in [1.82, 2.24) is 29.7 Å². The lowest BCUT2D eigenvalue weighted by Gasteiger charge is -2.43. The van der Waals surface area contributed by atoms with Crippen molar-refractivity contribution in [1.29, 1.82) is 0 Å². The second kappa shape index (κ2) is 15.1. The Morgan fingerprint density at radius 3 is 2.47 bits per heavy atom. The van der Waals surface area contributed by atoms with Gasteiger partial charge in [-0.1, -0.05) is 13.8 Å². The molecule has 14 heteroatoms. The Morgan fingerprint density at radius 2 is 1.74 bits per heavy atom. The van der Waals surface area contributed by atoms with Crippen LogP contribution in [0.1, 0.15) is 32.3 Å². The molecule has 2 fully saturated rings. The molecule has 47 heavy (non-hydrogen) atoms. The highest BCUT2D eigenvalue weighted by molar-refractivity contribution is 9.10. The van der Waals surface area contributed by atoms with E-state index < -0.39 is 11.0 Å². The molecule has 4 aromatic rings. The number of hydrogen-bond donors (Lipinski definition) is 3. The van der Waals surface area contributed by atoms with Crippen molar-refractivity contribution in [3.05, 3.63) is 52.9 Å². The molecule has 0 saturated carbocycles. The first-order chi connectivity index (χ1) is 22.9. The molecule has 2 saturated heterocycles. The maximum atomic E-state index is 12.5. The average molecular weight is 724 g/mol. The van der Waals surface area contributed by atoms with Gasteiger partial charge in [0.1, 0.15) is 28.1 Å². The van der Waals surface area contributed by atoms with Gasteiger partial charge in [0.05, 0.1) is 34.2 Å². The molecule has 2 aliphatic heterocycles. The van der Waals surface area contributed by atoms with Crippen LogP contribution < -0.4 is 25.0 Å². The number of methoxy groups -OCH3 is 1. The fourth-order valence-corrected chi connectivity index (χ4v) is 7.18. The lowest BCUT2D eigenvalue weighted by atomic mass is 9.99. The molecule has 2 aromatic carbocycles. The second-order valence-corrected chi connectivity index (χ2v) is 14.2. The number of halogens is 1. The van der Waals surface area contributed by atoms with Gasteiger partial charge in [0.25, 0.3) is 0 Å². The maximum absolute atomic E-state index is 12.5. The third-order valence-electron chi connectivity index (χ3n) is 9.00. The minimum atomic E-state index is -1.29. The van der Waals surface area contributed by atoms with E-state index in [0.717, 1.165) is 44.0 Å². The van der Waals surface area contributed by atoms with E-state index in [1.165, 1.54) is 37.2 Å². The maximum Gasteiger partial charge on any atom is 0.229 e. The van der Waals surface area contributed by atoms with Gasteiger partial charge >= 0.3 is 0 Å². The molecule has 1 atom stereocenters. The zero-order chi connectivity index (χ0) is 32.9. The summed E-state index contributed by atoms with van der Waals surface area (Å²) in [7, 11) is 2.62. The standard InChI is InChI=1S/C33H43BrN10O2S/c1-5-22-19-27(29(46-4)20-28(22)44-13-9-23(10-14-44)43-17-15-42(3)16-18-43)39-33-37-21-24(34)32(40-33)38-26-8-7-25-30(36-12-11-35-25)31(26)41-47(45)6-2/h7-8,11-12,19-21,23,41H,5-6,9-10,13-18H2,1-4H3,(H2,37,38,39,40). The van der Waals surface area contributed by atoms with Crippen LogP contribution >= 0.6 is 15.9 Å². The third kappa shape index (κ3) is 7.61. The van der Waals surface area contributed by atoms with Crippen molar-refractivity contribution in [3.8, 4) is 5.75 Å². The van der Waals surface area contributed by atoms with Crippen molar-refractivity contribution in [3.63, 3.8) is 0 Å². The third-order valence-corrected chi connectivity index (χ3v) is 10.5. The number of piperazine rings is 1. The van der Waals surface area contributed by atoms with Crippen LogP contribution in [0.5, 0.6) is 5.75 Å². The lowest BCUT2D eigenvalue weighted by Crippen LogP contribution is -2.52. The van der Waals surface area contributed by atoms with Crippen LogP contribution in [0.25, 0.3) is 11.0 Å². The Bertz CT molecular complexity index is 1730. The normalized spacial score (nSPS) is 17.1. The molecule has 4 heterocycles. The predicted octanol–water partition coefficient (Wildman–Crippen LogP) is 5.55. The van der Waals surface area contributed by atoms with Crippen LogP contribution in [-0.4, -0.2) is 99.2 Å². The van der Waals surface area contributed by atoms with Crippen molar-refractivity contribution >= 4 is 72.5 Å². The fraction of sp³-hybridized carbons (Fsp3) is 0.455. The molecule has 6 rings (SSSR count). The van der Waals surface area contributed by atoms with Crippen LogP contribution in [0.15, 0.2) is 47.3 Å². The zero-order valence-corrected chi connectivity index (χ0v) is 29.8. The van der Waals surface area contributed by atoms with Gasteiger partial charge in [-0.05, 0) is 66.0 Å². The number of hydrogen-bond acceptors (Lipinski definition) is 11. The molecular formula is C33H43BrN10O2S. The molecule has 0 bridgehead atoms. The first-order valence-electron chi connectivity index (χ1n) is 16.2. The Hall–Kier alpha value is -3.59. The quantitative estimate of drug-likeness (QED) is 0.181. The summed E-state index contributed by atoms with van der Waals surface area (Å²) in [6.45, 7) is 10.8. The predicted molar refractivity (Wildman–Crippen MR) is 195 cm³/mol. The van der Waals surface area contributed by atoms with E-state index in [4.69, 9.17) is 9.72 Å². The van der Waals surface area contributed by atoms with E-state index in [-0.39, 0.29) is 0 Å². The van der Waals surface area contributed by atoms with E-state index >= 15 is 0 Å². The summed E-state index contributed by atoms with van der Waals surface area (Å²) in [6.07, 6.45) is 8.19. The Morgan fingerprint density at radius 1 is 0.979 bits per heavy atom. The highest BCUT2D eigenvalue weighted by Gasteiger charge is 2.28. The van der Waals surface area contributed by atoms with Crippen molar-refractivity contribution < 1.29 is 8.95 Å². The molecule has 250 valence electrons. The van der Waals surface area contributed by atoms with Crippen LogP contribution in [0, 0.1) is 0 Å². The topological polar surface area (TPSA) is 124 Å². The number of fused-ring (bicyclic) bond motifs is 1. The highest BCUT2D eigenvalue weighted by Crippen LogP contribution is 2.38. The molecule has 3 N–H and O–H groups in total. The SMILES string of the molecule is CCc1cc(Nc2ncc(Br)c(Nc3ccc4nccnc4c3NS(=O)CC)n2)c(OC)cc1N1CCC(N2CCN(C)CC2)CC1. The number of nitrogens with one attached hydrogen (secondary N) is 3. The molecule has 12 nitrogen and oxygen atoms in total. The van der Waals surface area contributed by atoms with Crippen molar-refractivity contribution in [2.45, 2.75) is 39.2 Å². The summed E-state index contributed by atoms with van der Waals surface area (Å²) in [6, 6.07) is 8.71. The number of anilines is 6. The molecular weight excluding hydrogens is 680 g/mol. The molecule has 2 aromatic heterocycles. The summed E-state index contributed by atoms with van der Waals surface area (Å²) in [4.78, 5) is 25.8. The highest BCUT2D eigenvalue weighted by atomic mass is 79.9. The number of nitrogens with zero attached hydrogens (tertiary/aromatic N) is 7. The average Bonchev–Trinajstić information content (AvgIpc) is 3.10. The summed E-state index contributed by atoms with van der Waals surface area (Å²) >= 11 is 3.59. The van der Waals surface area contributed by atoms with Crippen LogP contribution in [0.2, 0.25) is 0 Å². The summed E-state index contributed by atoms with van der Waals surface area (Å²) < 4.78 is 22.2. The molecule has 0 spiro atoms. The van der Waals surface area contributed by atoms with Gasteiger partial charge in [-0.15, -0.1) is 0 Å². The monoisotopic (exact) mass is 722 g/mol. The van der Waals surface area contributed by atoms with E-state index in [2.05, 4.69) is 87.0 Å². The molecule has 0 aliphatic carbocycles. The smallest absolute Gasteiger partial charge is 0.229 e. The van der Waals surface area contributed by atoms with Gasteiger partial charge in [0.15, 0.2) is 0 Å². The zero-order valence-electron chi connectivity index (χ0n) is 27.4. The van der Waals surface area contributed by atoms with Crippen molar-refractivity contribution in [2.75, 3.05) is 79.4 Å². The first kappa shape index (κ1) is 33.3. The minimum absolute atomic E-state index is 0.406. The number of benzene rings is 2. The van der Waals surface area contributed by atoms with Crippen LogP contribution in [0.4, 0.5) is 34.5 Å². The second-order valence-electron chi connectivity index (χ2n) is 11.9. The van der Waals surface area contributed by atoms with E-state index in [9.17, 15) is 4.21 Å². The van der Waals surface area contributed by atoms with Gasteiger partial charge in [-0.2, -0.15) is 4.98 Å². The Kier molecular flexibility index (Phi) is 10.7. The summed E-state index contributed by atoms with van der Waals surface area (Å²) in [5.41, 5.74) is 5.84. The van der Waals surface area contributed by atoms with Crippen LogP contribution in [-0.2, 0) is 17.4 Å². The molecule has 0 radical (unpaired) electrons. The number of aryl methyl sites for hydroxylation is 1. The Balaban J connectivity index is 1.22. The van der Waals surface area contributed by atoms with E-state index in [1.807, 2.05) is 19.1 Å². The van der Waals surface area contributed by atoms with Gasteiger partial charge in [0.2, 0.25) is 5.95 Å².